The monoisotopic (exact) mass is 427 g/mol. The van der Waals surface area contributed by atoms with Crippen LogP contribution in [0.5, 0.6) is 28.7 Å². The van der Waals surface area contributed by atoms with E-state index in [2.05, 4.69) is 24.0 Å². The highest BCUT2D eigenvalue weighted by Crippen LogP contribution is 2.55. The van der Waals surface area contributed by atoms with Gasteiger partial charge in [0.2, 0.25) is 12.5 Å². The molecule has 3 aliphatic heterocycles. The van der Waals surface area contributed by atoms with Crippen LogP contribution < -0.4 is 23.7 Å². The maximum Gasteiger partial charge on any atom is 0.231 e. The molecule has 0 spiro atoms. The van der Waals surface area contributed by atoms with E-state index in [9.17, 15) is 0 Å². The standard InChI is InChI=1S/C24H29NO6/c1-5-9-25-10-8-14-11-18-23(31-13-30-18)24(28-4)19(14)20(25)22-15-6-7-17(26-2)21(27-3)16(15)12-29-22/h6-7,11,20,22H,5,8-10,12-13H2,1-4H3/t20-,22+/m1/s1. The molecule has 2 atom stereocenters. The summed E-state index contributed by atoms with van der Waals surface area (Å²) in [5.41, 5.74) is 4.56. The summed E-state index contributed by atoms with van der Waals surface area (Å²) in [6.45, 7) is 4.85. The molecule has 166 valence electrons. The average Bonchev–Trinajstić information content (AvgIpc) is 3.43. The Morgan fingerprint density at radius 3 is 2.65 bits per heavy atom. The van der Waals surface area contributed by atoms with Crippen molar-refractivity contribution in [2.24, 2.45) is 0 Å². The smallest absolute Gasteiger partial charge is 0.231 e. The van der Waals surface area contributed by atoms with Gasteiger partial charge in [-0.25, -0.2) is 0 Å². The fourth-order valence-corrected chi connectivity index (χ4v) is 5.22. The number of benzene rings is 2. The summed E-state index contributed by atoms with van der Waals surface area (Å²) in [5.74, 6) is 3.68. The van der Waals surface area contributed by atoms with Gasteiger partial charge >= 0.3 is 0 Å². The number of fused-ring (bicyclic) bond motifs is 3. The molecule has 0 saturated heterocycles. The minimum atomic E-state index is -0.144. The summed E-state index contributed by atoms with van der Waals surface area (Å²) in [5, 5.41) is 0. The Morgan fingerprint density at radius 1 is 1.06 bits per heavy atom. The van der Waals surface area contributed by atoms with Crippen LogP contribution in [0.4, 0.5) is 0 Å². The zero-order valence-corrected chi connectivity index (χ0v) is 18.5. The third kappa shape index (κ3) is 3.10. The van der Waals surface area contributed by atoms with Crippen LogP contribution in [-0.2, 0) is 17.8 Å². The van der Waals surface area contributed by atoms with E-state index >= 15 is 0 Å². The first kappa shape index (κ1) is 20.3. The molecule has 7 heteroatoms. The van der Waals surface area contributed by atoms with Crippen molar-refractivity contribution in [2.75, 3.05) is 41.2 Å². The lowest BCUT2D eigenvalue weighted by atomic mass is 9.85. The Morgan fingerprint density at radius 2 is 1.90 bits per heavy atom. The SMILES string of the molecule is CCCN1CCc2cc3c(c(OC)c2[C@@H]1[C@H]1OCc2c1ccc(OC)c2OC)OCO3. The van der Waals surface area contributed by atoms with E-state index in [0.717, 1.165) is 65.6 Å². The molecule has 0 N–H and O–H groups in total. The molecule has 31 heavy (non-hydrogen) atoms. The van der Waals surface area contributed by atoms with Crippen molar-refractivity contribution in [1.82, 2.24) is 4.90 Å². The Balaban J connectivity index is 1.66. The van der Waals surface area contributed by atoms with E-state index in [1.54, 1.807) is 21.3 Å². The molecule has 3 heterocycles. The molecule has 7 nitrogen and oxygen atoms in total. The first-order valence-electron chi connectivity index (χ1n) is 10.8. The molecule has 0 radical (unpaired) electrons. The van der Waals surface area contributed by atoms with Crippen molar-refractivity contribution in [3.8, 4) is 28.7 Å². The van der Waals surface area contributed by atoms with Gasteiger partial charge in [-0.1, -0.05) is 13.0 Å². The molecule has 0 fully saturated rings. The summed E-state index contributed by atoms with van der Waals surface area (Å²) in [7, 11) is 5.03. The lowest BCUT2D eigenvalue weighted by molar-refractivity contribution is -0.0135. The molecule has 0 aromatic heterocycles. The highest BCUT2D eigenvalue weighted by molar-refractivity contribution is 5.63. The number of ether oxygens (including phenoxy) is 6. The van der Waals surface area contributed by atoms with Gasteiger partial charge in [0.1, 0.15) is 6.10 Å². The number of rotatable bonds is 6. The van der Waals surface area contributed by atoms with Crippen molar-refractivity contribution in [3.63, 3.8) is 0 Å². The minimum absolute atomic E-state index is 0.00695. The molecule has 0 saturated carbocycles. The molecule has 0 amide bonds. The van der Waals surface area contributed by atoms with Crippen molar-refractivity contribution >= 4 is 0 Å². The molecule has 0 aliphatic carbocycles. The average molecular weight is 427 g/mol. The highest BCUT2D eigenvalue weighted by Gasteiger charge is 2.43. The van der Waals surface area contributed by atoms with E-state index in [0.29, 0.717) is 12.4 Å². The summed E-state index contributed by atoms with van der Waals surface area (Å²) < 4.78 is 35.0. The lowest BCUT2D eigenvalue weighted by Crippen LogP contribution is -2.39. The number of nitrogens with zero attached hydrogens (tertiary/aromatic N) is 1. The van der Waals surface area contributed by atoms with Crippen LogP contribution in [0.3, 0.4) is 0 Å². The van der Waals surface area contributed by atoms with Gasteiger partial charge in [-0.15, -0.1) is 0 Å². The molecular weight excluding hydrogens is 398 g/mol. The second kappa shape index (κ2) is 8.13. The summed E-state index contributed by atoms with van der Waals surface area (Å²) in [4.78, 5) is 2.50. The lowest BCUT2D eigenvalue weighted by Gasteiger charge is -2.41. The number of methoxy groups -OCH3 is 3. The van der Waals surface area contributed by atoms with Crippen LogP contribution in [0.2, 0.25) is 0 Å². The van der Waals surface area contributed by atoms with E-state index in [4.69, 9.17) is 28.4 Å². The van der Waals surface area contributed by atoms with E-state index in [1.165, 1.54) is 5.56 Å². The summed E-state index contributed by atoms with van der Waals surface area (Å²) in [6.07, 6.45) is 1.85. The van der Waals surface area contributed by atoms with E-state index in [1.807, 2.05) is 6.07 Å². The van der Waals surface area contributed by atoms with Crippen LogP contribution in [-0.4, -0.2) is 46.1 Å². The summed E-state index contributed by atoms with van der Waals surface area (Å²) >= 11 is 0. The first-order chi connectivity index (χ1) is 15.2. The maximum atomic E-state index is 6.45. The zero-order valence-electron chi connectivity index (χ0n) is 18.5. The van der Waals surface area contributed by atoms with Gasteiger partial charge in [0, 0.05) is 17.7 Å². The maximum absolute atomic E-state index is 6.45. The van der Waals surface area contributed by atoms with Gasteiger partial charge < -0.3 is 28.4 Å². The molecule has 0 unspecified atom stereocenters. The predicted molar refractivity (Wildman–Crippen MR) is 115 cm³/mol. The summed E-state index contributed by atoms with van der Waals surface area (Å²) in [6, 6.07) is 6.18. The van der Waals surface area contributed by atoms with Crippen LogP contribution in [0.25, 0.3) is 0 Å². The third-order valence-corrected chi connectivity index (χ3v) is 6.50. The fourth-order valence-electron chi connectivity index (χ4n) is 5.22. The number of hydrogen-bond acceptors (Lipinski definition) is 7. The van der Waals surface area contributed by atoms with Crippen LogP contribution in [0.15, 0.2) is 18.2 Å². The Labute approximate surface area is 182 Å². The Kier molecular flexibility index (Phi) is 5.32. The van der Waals surface area contributed by atoms with Gasteiger partial charge in [-0.2, -0.15) is 0 Å². The van der Waals surface area contributed by atoms with Crippen molar-refractivity contribution in [1.29, 1.82) is 0 Å². The number of hydrogen-bond donors (Lipinski definition) is 0. The third-order valence-electron chi connectivity index (χ3n) is 6.50. The molecule has 2 aromatic rings. The second-order valence-electron chi connectivity index (χ2n) is 8.05. The van der Waals surface area contributed by atoms with Crippen molar-refractivity contribution < 1.29 is 28.4 Å². The zero-order chi connectivity index (χ0) is 21.5. The molecule has 3 aliphatic rings. The normalized spacial score (nSPS) is 21.5. The topological polar surface area (TPSA) is 58.6 Å². The molecule has 5 rings (SSSR count). The Bertz CT molecular complexity index is 991. The van der Waals surface area contributed by atoms with Gasteiger partial charge in [-0.05, 0) is 42.6 Å². The Hall–Kier alpha value is -2.64. The van der Waals surface area contributed by atoms with Gasteiger partial charge in [-0.3, -0.25) is 4.90 Å². The first-order valence-corrected chi connectivity index (χ1v) is 10.8. The minimum Gasteiger partial charge on any atom is -0.493 e. The predicted octanol–water partition coefficient (Wildman–Crippen LogP) is 4.02. The van der Waals surface area contributed by atoms with E-state index < -0.39 is 0 Å². The molecular formula is C24H29NO6. The molecule has 0 bridgehead atoms. The fraction of sp³-hybridized carbons (Fsp3) is 0.500. The van der Waals surface area contributed by atoms with Crippen LogP contribution in [0, 0.1) is 0 Å². The molecule has 2 aromatic carbocycles. The van der Waals surface area contributed by atoms with Gasteiger partial charge in [0.25, 0.3) is 0 Å². The van der Waals surface area contributed by atoms with Crippen LogP contribution in [0.1, 0.15) is 47.7 Å². The van der Waals surface area contributed by atoms with Crippen molar-refractivity contribution in [3.05, 3.63) is 40.5 Å². The van der Waals surface area contributed by atoms with Gasteiger partial charge in [0.05, 0.1) is 34.0 Å². The van der Waals surface area contributed by atoms with Crippen LogP contribution >= 0.6 is 0 Å². The second-order valence-corrected chi connectivity index (χ2v) is 8.05. The van der Waals surface area contributed by atoms with Crippen molar-refractivity contribution in [2.45, 2.75) is 38.5 Å². The van der Waals surface area contributed by atoms with E-state index in [-0.39, 0.29) is 18.9 Å². The highest BCUT2D eigenvalue weighted by atomic mass is 16.7. The quantitative estimate of drug-likeness (QED) is 0.690. The largest absolute Gasteiger partial charge is 0.493 e. The van der Waals surface area contributed by atoms with Gasteiger partial charge in [0.15, 0.2) is 23.0 Å².